The van der Waals surface area contributed by atoms with Crippen molar-refractivity contribution in [3.8, 4) is 0 Å². The number of aliphatic hydroxyl groups is 1. The van der Waals surface area contributed by atoms with Gasteiger partial charge in [-0.2, -0.15) is 0 Å². The highest BCUT2D eigenvalue weighted by molar-refractivity contribution is 5.06. The third-order valence-corrected chi connectivity index (χ3v) is 5.82. The van der Waals surface area contributed by atoms with Gasteiger partial charge in [0.05, 0.1) is 6.10 Å². The van der Waals surface area contributed by atoms with Crippen molar-refractivity contribution in [1.82, 2.24) is 0 Å². The van der Waals surface area contributed by atoms with Gasteiger partial charge < -0.3 is 5.11 Å². The Morgan fingerprint density at radius 2 is 1.29 bits per heavy atom. The van der Waals surface area contributed by atoms with Crippen molar-refractivity contribution >= 4 is 0 Å². The zero-order valence-corrected chi connectivity index (χ0v) is 21.9. The van der Waals surface area contributed by atoms with Gasteiger partial charge in [0, 0.05) is 0 Å². The Labute approximate surface area is 195 Å². The van der Waals surface area contributed by atoms with Crippen molar-refractivity contribution in [2.75, 3.05) is 0 Å². The van der Waals surface area contributed by atoms with E-state index < -0.39 is 0 Å². The molecular formula is C30H52O. The van der Waals surface area contributed by atoms with Crippen LogP contribution in [0.5, 0.6) is 0 Å². The zero-order valence-electron chi connectivity index (χ0n) is 21.9. The van der Waals surface area contributed by atoms with E-state index in [2.05, 4.69) is 66.3 Å². The van der Waals surface area contributed by atoms with E-state index in [0.717, 1.165) is 17.9 Å². The van der Waals surface area contributed by atoms with Gasteiger partial charge >= 0.3 is 0 Å². The van der Waals surface area contributed by atoms with E-state index in [1.54, 1.807) is 0 Å². The molecule has 1 nitrogen and oxygen atoms in total. The Balaban J connectivity index is 3.94. The first kappa shape index (κ1) is 29.7. The molecule has 1 heteroatoms. The topological polar surface area (TPSA) is 20.2 Å². The van der Waals surface area contributed by atoms with Gasteiger partial charge in [-0.1, -0.05) is 71.9 Å². The third-order valence-electron chi connectivity index (χ3n) is 5.82. The Morgan fingerprint density at radius 3 is 1.87 bits per heavy atom. The van der Waals surface area contributed by atoms with Gasteiger partial charge in [0.1, 0.15) is 0 Å². The highest BCUT2D eigenvalue weighted by atomic mass is 16.3. The van der Waals surface area contributed by atoms with Crippen LogP contribution in [0, 0.1) is 5.92 Å². The molecule has 31 heavy (non-hydrogen) atoms. The van der Waals surface area contributed by atoms with Gasteiger partial charge in [0.15, 0.2) is 0 Å². The summed E-state index contributed by atoms with van der Waals surface area (Å²) in [7, 11) is 0. The van der Waals surface area contributed by atoms with Gasteiger partial charge in [-0.25, -0.2) is 0 Å². The van der Waals surface area contributed by atoms with Crippen LogP contribution in [0.2, 0.25) is 0 Å². The molecule has 0 radical (unpaired) electrons. The maximum Gasteiger partial charge on any atom is 0.0760 e. The second-order valence-electron chi connectivity index (χ2n) is 10.1. The minimum atomic E-state index is -0.369. The predicted octanol–water partition coefficient (Wildman–Crippen LogP) is 9.66. The number of allylic oxidation sites excluding steroid dienone is 7. The van der Waals surface area contributed by atoms with Crippen LogP contribution in [0.1, 0.15) is 119 Å². The molecule has 0 aliphatic rings. The van der Waals surface area contributed by atoms with E-state index in [-0.39, 0.29) is 6.10 Å². The van der Waals surface area contributed by atoms with Crippen LogP contribution in [0.15, 0.2) is 58.7 Å². The van der Waals surface area contributed by atoms with E-state index in [4.69, 9.17) is 0 Å². The van der Waals surface area contributed by atoms with E-state index in [9.17, 15) is 5.11 Å². The van der Waals surface area contributed by atoms with Crippen molar-refractivity contribution in [2.45, 2.75) is 125 Å². The van der Waals surface area contributed by atoms with Crippen LogP contribution in [-0.4, -0.2) is 11.2 Å². The summed E-state index contributed by atoms with van der Waals surface area (Å²) in [6.45, 7) is 19.3. The van der Waals surface area contributed by atoms with E-state index in [1.807, 2.05) is 13.0 Å². The molecule has 0 rings (SSSR count). The Bertz CT molecular complexity index is 610. The van der Waals surface area contributed by atoms with E-state index >= 15 is 0 Å². The molecule has 0 aromatic rings. The van der Waals surface area contributed by atoms with Crippen molar-refractivity contribution in [2.24, 2.45) is 5.92 Å². The number of aliphatic hydroxyl groups excluding tert-OH is 1. The molecule has 2 unspecified atom stereocenters. The smallest absolute Gasteiger partial charge is 0.0760 e. The summed E-state index contributed by atoms with van der Waals surface area (Å²) in [6, 6.07) is 0. The lowest BCUT2D eigenvalue weighted by Crippen LogP contribution is -2.03. The second kappa shape index (κ2) is 18.3. The van der Waals surface area contributed by atoms with Crippen molar-refractivity contribution in [3.63, 3.8) is 0 Å². The second-order valence-corrected chi connectivity index (χ2v) is 10.1. The quantitative estimate of drug-likeness (QED) is 0.180. The fraction of sp³-hybridized carbons (Fsp3) is 0.667. The third kappa shape index (κ3) is 20.3. The van der Waals surface area contributed by atoms with E-state index in [0.29, 0.717) is 6.42 Å². The summed E-state index contributed by atoms with van der Waals surface area (Å²) in [5.41, 5.74) is 6.82. The number of hydrogen-bond donors (Lipinski definition) is 1. The van der Waals surface area contributed by atoms with Crippen LogP contribution >= 0.6 is 0 Å². The summed E-state index contributed by atoms with van der Waals surface area (Å²) >= 11 is 0. The molecule has 0 bridgehead atoms. The summed E-state index contributed by atoms with van der Waals surface area (Å²) in [4.78, 5) is 0. The van der Waals surface area contributed by atoms with Gasteiger partial charge in [-0.3, -0.25) is 0 Å². The van der Waals surface area contributed by atoms with Crippen molar-refractivity contribution in [1.29, 1.82) is 0 Å². The fourth-order valence-corrected chi connectivity index (χ4v) is 3.86. The molecule has 0 aliphatic carbocycles. The monoisotopic (exact) mass is 428 g/mol. The Morgan fingerprint density at radius 1 is 0.742 bits per heavy atom. The molecule has 0 saturated heterocycles. The predicted molar refractivity (Wildman–Crippen MR) is 141 cm³/mol. The van der Waals surface area contributed by atoms with Gasteiger partial charge in [-0.05, 0) is 105 Å². The molecule has 0 heterocycles. The summed E-state index contributed by atoms with van der Waals surface area (Å²) in [6.07, 6.45) is 21.7. The minimum Gasteiger partial charge on any atom is -0.389 e. The first-order valence-corrected chi connectivity index (χ1v) is 12.5. The average molecular weight is 429 g/mol. The maximum absolute atomic E-state index is 9.97. The lowest BCUT2D eigenvalue weighted by molar-refractivity contribution is 0.222. The van der Waals surface area contributed by atoms with Gasteiger partial charge in [0.25, 0.3) is 0 Å². The maximum atomic E-state index is 9.97. The highest BCUT2D eigenvalue weighted by Crippen LogP contribution is 2.19. The molecule has 0 aromatic carbocycles. The number of hydrogen-bond acceptors (Lipinski definition) is 1. The molecule has 1 N–H and O–H groups in total. The number of rotatable bonds is 17. The Kier molecular flexibility index (Phi) is 17.5. The lowest BCUT2D eigenvalue weighted by Gasteiger charge is -2.12. The Hall–Kier alpha value is -1.34. The number of unbranched alkanes of at least 4 members (excludes halogenated alkanes) is 1. The summed E-state index contributed by atoms with van der Waals surface area (Å²) in [5, 5.41) is 9.97. The summed E-state index contributed by atoms with van der Waals surface area (Å²) < 4.78 is 0. The molecule has 0 spiro atoms. The highest BCUT2D eigenvalue weighted by Gasteiger charge is 2.04. The van der Waals surface area contributed by atoms with Crippen LogP contribution in [0.25, 0.3) is 0 Å². The van der Waals surface area contributed by atoms with Crippen LogP contribution < -0.4 is 0 Å². The van der Waals surface area contributed by atoms with Gasteiger partial charge in [0.2, 0.25) is 0 Å². The molecule has 2 atom stereocenters. The first-order valence-electron chi connectivity index (χ1n) is 12.5. The molecule has 0 aromatic heterocycles. The molecule has 0 amide bonds. The normalized spacial score (nSPS) is 15.0. The average Bonchev–Trinajstić information content (AvgIpc) is 2.64. The SMILES string of the molecule is C=C(C)CC(O)C=C(C)CCCC(C)CCCC=C(C)CCC=C(C)CCC=C(C)C. The molecule has 0 fully saturated rings. The largest absolute Gasteiger partial charge is 0.389 e. The van der Waals surface area contributed by atoms with Crippen molar-refractivity contribution in [3.05, 3.63) is 58.7 Å². The molecule has 0 aliphatic heterocycles. The van der Waals surface area contributed by atoms with E-state index in [1.165, 1.54) is 80.1 Å². The minimum absolute atomic E-state index is 0.369. The zero-order chi connectivity index (χ0) is 23.6. The van der Waals surface area contributed by atoms with Crippen LogP contribution in [-0.2, 0) is 0 Å². The molecular weight excluding hydrogens is 376 g/mol. The van der Waals surface area contributed by atoms with Crippen LogP contribution in [0.4, 0.5) is 0 Å². The van der Waals surface area contributed by atoms with Gasteiger partial charge in [-0.15, -0.1) is 6.58 Å². The lowest BCUT2D eigenvalue weighted by atomic mass is 9.95. The summed E-state index contributed by atoms with van der Waals surface area (Å²) in [5.74, 6) is 0.785. The first-order chi connectivity index (χ1) is 14.6. The van der Waals surface area contributed by atoms with Crippen LogP contribution in [0.3, 0.4) is 0 Å². The van der Waals surface area contributed by atoms with Crippen molar-refractivity contribution < 1.29 is 5.11 Å². The standard InChI is InChI=1S/C30H52O/c1-24(2)14-11-17-28(7)19-12-18-26(5)15-9-10-16-27(6)20-13-21-29(8)23-30(31)22-25(3)4/h14-15,19,23,27,30-31H,3,9-13,16-18,20-22H2,1-2,4-8H3. The molecule has 0 saturated carbocycles. The molecule has 178 valence electrons. The fourth-order valence-electron chi connectivity index (χ4n) is 3.86.